The number of rotatable bonds is 7. The van der Waals surface area contributed by atoms with Crippen molar-refractivity contribution < 1.29 is 25.8 Å². The van der Waals surface area contributed by atoms with E-state index in [1.807, 2.05) is 13.8 Å². The molecule has 0 aromatic heterocycles. The first-order valence-corrected chi connectivity index (χ1v) is 14.8. The maximum Gasteiger partial charge on any atom is 0.297 e. The van der Waals surface area contributed by atoms with Gasteiger partial charge in [-0.25, -0.2) is 8.42 Å². The van der Waals surface area contributed by atoms with Crippen LogP contribution in [0.3, 0.4) is 0 Å². The van der Waals surface area contributed by atoms with Gasteiger partial charge in [-0.3, -0.25) is 8.98 Å². The number of likely N-dealkylation sites (N-methyl/N-ethyl adjacent to an activating group) is 1. The van der Waals surface area contributed by atoms with Crippen molar-refractivity contribution in [1.82, 2.24) is 4.90 Å². The molecule has 3 rings (SSSR count). The van der Waals surface area contributed by atoms with Gasteiger partial charge < -0.3 is 4.90 Å². The van der Waals surface area contributed by atoms with E-state index in [-0.39, 0.29) is 34.8 Å². The number of benzene rings is 2. The van der Waals surface area contributed by atoms with Gasteiger partial charge in [0.05, 0.1) is 16.4 Å². The minimum absolute atomic E-state index is 0.0226. The molecule has 0 radical (unpaired) electrons. The largest absolute Gasteiger partial charge is 0.343 e. The Morgan fingerprint density at radius 3 is 1.82 bits per heavy atom. The van der Waals surface area contributed by atoms with Crippen molar-refractivity contribution in [2.24, 2.45) is 5.92 Å². The number of aryl methyl sites for hydroxylation is 2. The Morgan fingerprint density at radius 1 is 0.882 bits per heavy atom. The molecule has 0 aliphatic heterocycles. The lowest BCUT2D eigenvalue weighted by Crippen LogP contribution is -2.36. The minimum atomic E-state index is -3.76. The molecule has 188 valence electrons. The van der Waals surface area contributed by atoms with Gasteiger partial charge in [-0.15, -0.1) is 0 Å². The number of halogens is 1. The zero-order chi connectivity index (χ0) is 25.4. The maximum atomic E-state index is 12.3. The third kappa shape index (κ3) is 9.02. The van der Waals surface area contributed by atoms with E-state index in [0.29, 0.717) is 0 Å². The van der Waals surface area contributed by atoms with E-state index < -0.39 is 19.2 Å². The SMILES string of the molecule is Cc1ccc(S(=O)(=O)Cl)cc1.Cc1ccc(S(=O)(=O)OCCN(C)C(=O)C2CCCCC2)cc1. The van der Waals surface area contributed by atoms with Crippen LogP contribution < -0.4 is 0 Å². The highest BCUT2D eigenvalue weighted by molar-refractivity contribution is 8.13. The quantitative estimate of drug-likeness (QED) is 0.382. The van der Waals surface area contributed by atoms with Gasteiger partial charge in [0, 0.05) is 30.2 Å². The average molecular weight is 530 g/mol. The van der Waals surface area contributed by atoms with Crippen molar-refractivity contribution >= 4 is 35.8 Å². The summed E-state index contributed by atoms with van der Waals surface area (Å²) in [6, 6.07) is 12.9. The summed E-state index contributed by atoms with van der Waals surface area (Å²) in [6.07, 6.45) is 5.27. The van der Waals surface area contributed by atoms with Gasteiger partial charge in [-0.1, -0.05) is 54.7 Å². The van der Waals surface area contributed by atoms with Crippen LogP contribution in [0.15, 0.2) is 58.3 Å². The van der Waals surface area contributed by atoms with Gasteiger partial charge in [-0.2, -0.15) is 8.42 Å². The highest BCUT2D eigenvalue weighted by atomic mass is 35.7. The molecule has 1 aliphatic rings. The minimum Gasteiger partial charge on any atom is -0.343 e. The predicted molar refractivity (Wildman–Crippen MR) is 133 cm³/mol. The summed E-state index contributed by atoms with van der Waals surface area (Å²) >= 11 is 0. The highest BCUT2D eigenvalue weighted by Crippen LogP contribution is 2.25. The molecule has 2 aromatic rings. The van der Waals surface area contributed by atoms with Gasteiger partial charge >= 0.3 is 0 Å². The Kier molecular flexibility index (Phi) is 10.5. The Bertz CT molecular complexity index is 1140. The lowest BCUT2D eigenvalue weighted by atomic mass is 9.88. The van der Waals surface area contributed by atoms with Crippen molar-refractivity contribution in [1.29, 1.82) is 0 Å². The number of hydrogen-bond donors (Lipinski definition) is 0. The number of carbonyl (C=O) groups excluding carboxylic acids is 1. The van der Waals surface area contributed by atoms with Crippen LogP contribution in [0, 0.1) is 19.8 Å². The van der Waals surface area contributed by atoms with Crippen LogP contribution in [-0.2, 0) is 28.1 Å². The van der Waals surface area contributed by atoms with Crippen LogP contribution in [0.5, 0.6) is 0 Å². The molecular weight excluding hydrogens is 498 g/mol. The second kappa shape index (κ2) is 12.7. The molecule has 2 aromatic carbocycles. The van der Waals surface area contributed by atoms with E-state index in [1.54, 1.807) is 36.2 Å². The fourth-order valence-corrected chi connectivity index (χ4v) is 5.20. The molecule has 1 saturated carbocycles. The van der Waals surface area contributed by atoms with Crippen LogP contribution >= 0.6 is 10.7 Å². The van der Waals surface area contributed by atoms with Crippen molar-refractivity contribution in [3.05, 3.63) is 59.7 Å². The lowest BCUT2D eigenvalue weighted by molar-refractivity contribution is -0.135. The second-order valence-corrected chi connectivity index (χ2v) is 12.6. The van der Waals surface area contributed by atoms with Crippen LogP contribution in [0.25, 0.3) is 0 Å². The summed E-state index contributed by atoms with van der Waals surface area (Å²) in [7, 11) is -0.518. The summed E-state index contributed by atoms with van der Waals surface area (Å²) in [4.78, 5) is 14.2. The van der Waals surface area contributed by atoms with E-state index in [9.17, 15) is 21.6 Å². The highest BCUT2D eigenvalue weighted by Gasteiger charge is 2.24. The summed E-state index contributed by atoms with van der Waals surface area (Å²) < 4.78 is 50.6. The van der Waals surface area contributed by atoms with Crippen molar-refractivity contribution in [2.75, 3.05) is 20.2 Å². The Morgan fingerprint density at radius 2 is 1.35 bits per heavy atom. The number of carbonyl (C=O) groups is 1. The summed E-state index contributed by atoms with van der Waals surface area (Å²) in [5.74, 6) is 0.184. The molecular formula is C24H32ClNO6S2. The molecule has 1 amide bonds. The van der Waals surface area contributed by atoms with Gasteiger partial charge in [0.1, 0.15) is 0 Å². The van der Waals surface area contributed by atoms with Crippen molar-refractivity contribution in [3.63, 3.8) is 0 Å². The molecule has 0 saturated heterocycles. The molecule has 1 fully saturated rings. The van der Waals surface area contributed by atoms with Gasteiger partial charge in [0.2, 0.25) is 5.91 Å². The normalized spacial score (nSPS) is 14.7. The molecule has 0 spiro atoms. The number of hydrogen-bond acceptors (Lipinski definition) is 6. The Labute approximate surface area is 207 Å². The number of amides is 1. The third-order valence-corrected chi connectivity index (χ3v) is 8.30. The smallest absolute Gasteiger partial charge is 0.297 e. The van der Waals surface area contributed by atoms with Crippen molar-refractivity contribution in [2.45, 2.75) is 55.7 Å². The van der Waals surface area contributed by atoms with Gasteiger partial charge in [-0.05, 0) is 51.0 Å². The molecule has 34 heavy (non-hydrogen) atoms. The molecule has 0 heterocycles. The van der Waals surface area contributed by atoms with E-state index in [0.717, 1.165) is 36.8 Å². The third-order valence-electron chi connectivity index (χ3n) is 5.61. The fourth-order valence-electron chi connectivity index (χ4n) is 3.53. The molecule has 0 atom stereocenters. The van der Waals surface area contributed by atoms with Crippen LogP contribution in [-0.4, -0.2) is 47.8 Å². The van der Waals surface area contributed by atoms with E-state index in [2.05, 4.69) is 0 Å². The van der Waals surface area contributed by atoms with E-state index in [4.69, 9.17) is 14.9 Å². The fraction of sp³-hybridized carbons (Fsp3) is 0.458. The Hall–Kier alpha value is -1.94. The number of nitrogens with zero attached hydrogens (tertiary/aromatic N) is 1. The van der Waals surface area contributed by atoms with Gasteiger partial charge in [0.15, 0.2) is 0 Å². The lowest BCUT2D eigenvalue weighted by Gasteiger charge is -2.26. The van der Waals surface area contributed by atoms with E-state index >= 15 is 0 Å². The molecule has 7 nitrogen and oxygen atoms in total. The maximum absolute atomic E-state index is 12.3. The summed E-state index contributed by atoms with van der Waals surface area (Å²) in [6.45, 7) is 4.03. The summed E-state index contributed by atoms with van der Waals surface area (Å²) in [5, 5.41) is 0. The molecule has 10 heteroatoms. The van der Waals surface area contributed by atoms with Crippen LogP contribution in [0.1, 0.15) is 43.2 Å². The summed E-state index contributed by atoms with van der Waals surface area (Å²) in [5.41, 5.74) is 2.00. The first-order valence-electron chi connectivity index (χ1n) is 11.1. The average Bonchev–Trinajstić information content (AvgIpc) is 2.79. The topological polar surface area (TPSA) is 97.8 Å². The molecule has 0 N–H and O–H groups in total. The first kappa shape index (κ1) is 28.3. The van der Waals surface area contributed by atoms with Crippen LogP contribution in [0.2, 0.25) is 0 Å². The predicted octanol–water partition coefficient (Wildman–Crippen LogP) is 4.66. The molecule has 1 aliphatic carbocycles. The van der Waals surface area contributed by atoms with Crippen LogP contribution in [0.4, 0.5) is 0 Å². The van der Waals surface area contributed by atoms with Gasteiger partial charge in [0.25, 0.3) is 19.2 Å². The molecule has 0 bridgehead atoms. The molecule has 0 unspecified atom stereocenters. The standard InChI is InChI=1S/C17H25NO4S.C7H7ClO2S/c1-14-8-10-16(11-9-14)23(20,21)22-13-12-18(2)17(19)15-6-4-3-5-7-15;1-6-2-4-7(5-3-6)11(8,9)10/h8-11,15H,3-7,12-13H2,1-2H3;2-5H,1H3. The first-order chi connectivity index (χ1) is 15.9. The second-order valence-electron chi connectivity index (χ2n) is 8.43. The van der Waals surface area contributed by atoms with Crippen molar-refractivity contribution in [3.8, 4) is 0 Å². The zero-order valence-electron chi connectivity index (χ0n) is 19.7. The zero-order valence-corrected chi connectivity index (χ0v) is 22.1. The monoisotopic (exact) mass is 529 g/mol. The van der Waals surface area contributed by atoms with E-state index in [1.165, 1.54) is 30.7 Å². The Balaban J connectivity index is 0.000000310.